The first-order valence-corrected chi connectivity index (χ1v) is 6.63. The first-order chi connectivity index (χ1) is 8.81. The molecule has 18 heavy (non-hydrogen) atoms. The van der Waals surface area contributed by atoms with E-state index in [1.807, 2.05) is 13.1 Å². The average molecular weight is 250 g/mol. The predicted molar refractivity (Wildman–Crippen MR) is 72.8 cm³/mol. The van der Waals surface area contributed by atoms with Crippen molar-refractivity contribution in [2.24, 2.45) is 0 Å². The van der Waals surface area contributed by atoms with Gasteiger partial charge in [0.15, 0.2) is 5.82 Å². The van der Waals surface area contributed by atoms with E-state index in [9.17, 15) is 0 Å². The fourth-order valence-electron chi connectivity index (χ4n) is 2.35. The SMILES string of the molecule is CNc1cc(NC2CCCCC2)nc(COC)n1. The Hall–Kier alpha value is -1.36. The molecule has 1 aliphatic carbocycles. The molecule has 0 amide bonds. The van der Waals surface area contributed by atoms with Gasteiger partial charge < -0.3 is 15.4 Å². The van der Waals surface area contributed by atoms with Gasteiger partial charge in [0.05, 0.1) is 0 Å². The first kappa shape index (κ1) is 13.1. The zero-order valence-electron chi connectivity index (χ0n) is 11.2. The van der Waals surface area contributed by atoms with Gasteiger partial charge >= 0.3 is 0 Å². The lowest BCUT2D eigenvalue weighted by atomic mass is 9.95. The second-order valence-electron chi connectivity index (χ2n) is 4.72. The van der Waals surface area contributed by atoms with Crippen LogP contribution in [0.25, 0.3) is 0 Å². The van der Waals surface area contributed by atoms with Gasteiger partial charge in [-0.25, -0.2) is 9.97 Å². The fourth-order valence-corrected chi connectivity index (χ4v) is 2.35. The Morgan fingerprint density at radius 1 is 1.22 bits per heavy atom. The molecule has 2 rings (SSSR count). The molecule has 1 aromatic rings. The van der Waals surface area contributed by atoms with Gasteiger partial charge in [-0.1, -0.05) is 19.3 Å². The van der Waals surface area contributed by atoms with Crippen LogP contribution in [-0.4, -0.2) is 30.2 Å². The largest absolute Gasteiger partial charge is 0.377 e. The maximum Gasteiger partial charge on any atom is 0.158 e. The van der Waals surface area contributed by atoms with E-state index in [0.717, 1.165) is 11.6 Å². The number of rotatable bonds is 5. The molecule has 0 unspecified atom stereocenters. The summed E-state index contributed by atoms with van der Waals surface area (Å²) in [7, 11) is 3.52. The van der Waals surface area contributed by atoms with E-state index >= 15 is 0 Å². The Morgan fingerprint density at radius 2 is 1.94 bits per heavy atom. The minimum Gasteiger partial charge on any atom is -0.377 e. The molecule has 5 nitrogen and oxygen atoms in total. The summed E-state index contributed by atoms with van der Waals surface area (Å²) < 4.78 is 5.09. The summed E-state index contributed by atoms with van der Waals surface area (Å²) in [6, 6.07) is 2.50. The maximum absolute atomic E-state index is 5.09. The molecule has 1 fully saturated rings. The molecule has 2 N–H and O–H groups in total. The zero-order chi connectivity index (χ0) is 12.8. The zero-order valence-corrected chi connectivity index (χ0v) is 11.2. The molecular formula is C13H22N4O. The summed E-state index contributed by atoms with van der Waals surface area (Å²) in [5.74, 6) is 2.44. The van der Waals surface area contributed by atoms with Gasteiger partial charge in [0.1, 0.15) is 18.2 Å². The second kappa shape index (κ2) is 6.54. The van der Waals surface area contributed by atoms with Crippen molar-refractivity contribution >= 4 is 11.6 Å². The normalized spacial score (nSPS) is 16.6. The quantitative estimate of drug-likeness (QED) is 0.840. The van der Waals surface area contributed by atoms with Gasteiger partial charge in [-0.15, -0.1) is 0 Å². The molecule has 0 saturated heterocycles. The van der Waals surface area contributed by atoms with Gasteiger partial charge in [-0.3, -0.25) is 0 Å². The molecule has 0 atom stereocenters. The number of anilines is 2. The van der Waals surface area contributed by atoms with Crippen molar-refractivity contribution in [2.45, 2.75) is 44.8 Å². The van der Waals surface area contributed by atoms with Gasteiger partial charge in [0.2, 0.25) is 0 Å². The van der Waals surface area contributed by atoms with Crippen LogP contribution in [0.5, 0.6) is 0 Å². The van der Waals surface area contributed by atoms with Crippen LogP contribution in [0.2, 0.25) is 0 Å². The highest BCUT2D eigenvalue weighted by Gasteiger charge is 2.14. The molecule has 0 spiro atoms. The van der Waals surface area contributed by atoms with Crippen LogP contribution >= 0.6 is 0 Å². The van der Waals surface area contributed by atoms with Crippen LogP contribution in [0, 0.1) is 0 Å². The molecule has 0 radical (unpaired) electrons. The molecule has 1 aromatic heterocycles. The third-order valence-corrected chi connectivity index (χ3v) is 3.26. The summed E-state index contributed by atoms with van der Waals surface area (Å²) >= 11 is 0. The lowest BCUT2D eigenvalue weighted by Gasteiger charge is -2.23. The monoisotopic (exact) mass is 250 g/mol. The minimum atomic E-state index is 0.439. The van der Waals surface area contributed by atoms with E-state index in [-0.39, 0.29) is 0 Å². The van der Waals surface area contributed by atoms with Crippen LogP contribution in [-0.2, 0) is 11.3 Å². The summed E-state index contributed by atoms with van der Waals surface area (Å²) in [5.41, 5.74) is 0. The van der Waals surface area contributed by atoms with Crippen LogP contribution in [0.4, 0.5) is 11.6 Å². The van der Waals surface area contributed by atoms with Gasteiger partial charge in [-0.05, 0) is 12.8 Å². The smallest absolute Gasteiger partial charge is 0.158 e. The number of hydrogen-bond acceptors (Lipinski definition) is 5. The summed E-state index contributed by atoms with van der Waals surface area (Å²) in [6.45, 7) is 0.439. The highest BCUT2D eigenvalue weighted by atomic mass is 16.5. The molecule has 0 aliphatic heterocycles. The van der Waals surface area contributed by atoms with Gasteiger partial charge in [-0.2, -0.15) is 0 Å². The van der Waals surface area contributed by atoms with Crippen LogP contribution in [0.3, 0.4) is 0 Å². The number of nitrogens with one attached hydrogen (secondary N) is 2. The highest BCUT2D eigenvalue weighted by Crippen LogP contribution is 2.21. The fraction of sp³-hybridized carbons (Fsp3) is 0.692. The molecular weight excluding hydrogens is 228 g/mol. The van der Waals surface area contributed by atoms with E-state index < -0.39 is 0 Å². The maximum atomic E-state index is 5.09. The van der Waals surface area contributed by atoms with Crippen molar-refractivity contribution in [2.75, 3.05) is 24.8 Å². The van der Waals surface area contributed by atoms with Gasteiger partial charge in [0.25, 0.3) is 0 Å². The Kier molecular flexibility index (Phi) is 4.75. The molecule has 1 heterocycles. The number of nitrogens with zero attached hydrogens (tertiary/aromatic N) is 2. The Balaban J connectivity index is 2.07. The minimum absolute atomic E-state index is 0.439. The van der Waals surface area contributed by atoms with Crippen molar-refractivity contribution in [3.63, 3.8) is 0 Å². The molecule has 100 valence electrons. The van der Waals surface area contributed by atoms with E-state index in [4.69, 9.17) is 4.74 Å². The number of hydrogen-bond donors (Lipinski definition) is 2. The molecule has 1 aliphatic rings. The first-order valence-electron chi connectivity index (χ1n) is 6.63. The number of aromatic nitrogens is 2. The van der Waals surface area contributed by atoms with Gasteiger partial charge in [0, 0.05) is 26.3 Å². The van der Waals surface area contributed by atoms with Crippen LogP contribution in [0.1, 0.15) is 37.9 Å². The average Bonchev–Trinajstić information content (AvgIpc) is 2.40. The standard InChI is InChI=1S/C13H22N4O/c1-14-11-8-12(17-13(16-11)9-18-2)15-10-6-4-3-5-7-10/h8,10H,3-7,9H2,1-2H3,(H2,14,15,16,17). The van der Waals surface area contributed by atoms with E-state index in [1.165, 1.54) is 32.1 Å². The highest BCUT2D eigenvalue weighted by molar-refractivity contribution is 5.47. The number of methoxy groups -OCH3 is 1. The summed E-state index contributed by atoms with van der Waals surface area (Å²) in [4.78, 5) is 8.83. The van der Waals surface area contributed by atoms with Crippen LogP contribution < -0.4 is 10.6 Å². The lowest BCUT2D eigenvalue weighted by molar-refractivity contribution is 0.178. The molecule has 1 saturated carbocycles. The van der Waals surface area contributed by atoms with E-state index in [1.54, 1.807) is 7.11 Å². The third kappa shape index (κ3) is 3.57. The molecule has 5 heteroatoms. The van der Waals surface area contributed by atoms with E-state index in [2.05, 4.69) is 20.6 Å². The van der Waals surface area contributed by atoms with E-state index in [0.29, 0.717) is 18.5 Å². The lowest BCUT2D eigenvalue weighted by Crippen LogP contribution is -2.23. The predicted octanol–water partition coefficient (Wildman–Crippen LogP) is 2.41. The summed E-state index contributed by atoms with van der Waals surface area (Å²) in [6.07, 6.45) is 6.45. The van der Waals surface area contributed by atoms with Crippen molar-refractivity contribution in [3.8, 4) is 0 Å². The van der Waals surface area contributed by atoms with Crippen molar-refractivity contribution in [1.29, 1.82) is 0 Å². The topological polar surface area (TPSA) is 59.1 Å². The van der Waals surface area contributed by atoms with Crippen molar-refractivity contribution in [3.05, 3.63) is 11.9 Å². The third-order valence-electron chi connectivity index (χ3n) is 3.26. The van der Waals surface area contributed by atoms with Crippen molar-refractivity contribution in [1.82, 2.24) is 9.97 Å². The molecule has 0 aromatic carbocycles. The molecule has 0 bridgehead atoms. The Labute approximate surface area is 108 Å². The number of ether oxygens (including phenoxy) is 1. The summed E-state index contributed by atoms with van der Waals surface area (Å²) in [5, 5.41) is 6.56. The Bertz CT molecular complexity index is 377. The second-order valence-corrected chi connectivity index (χ2v) is 4.72. The van der Waals surface area contributed by atoms with Crippen LogP contribution in [0.15, 0.2) is 6.07 Å². The Morgan fingerprint density at radius 3 is 2.61 bits per heavy atom. The van der Waals surface area contributed by atoms with Crippen molar-refractivity contribution < 1.29 is 4.74 Å².